The number of carbonyl (C=O) groups is 1. The van der Waals surface area contributed by atoms with Gasteiger partial charge in [0.25, 0.3) is 5.91 Å². The van der Waals surface area contributed by atoms with Crippen molar-refractivity contribution in [2.45, 2.75) is 25.3 Å². The number of aryl methyl sites for hydroxylation is 1. The third-order valence-electron chi connectivity index (χ3n) is 5.17. The van der Waals surface area contributed by atoms with Gasteiger partial charge < -0.3 is 15.0 Å². The van der Waals surface area contributed by atoms with Crippen LogP contribution in [0.15, 0.2) is 59.7 Å². The Morgan fingerprint density at radius 3 is 2.90 bits per heavy atom. The minimum Gasteiger partial charge on any atom is -0.492 e. The van der Waals surface area contributed by atoms with Gasteiger partial charge in [-0.25, -0.2) is 4.39 Å². The lowest BCUT2D eigenvalue weighted by Crippen LogP contribution is -2.47. The summed E-state index contributed by atoms with van der Waals surface area (Å²) in [5, 5.41) is 3.06. The first-order valence-corrected chi connectivity index (χ1v) is 9.36. The number of fused-ring (bicyclic) bond motifs is 1. The van der Waals surface area contributed by atoms with Crippen molar-refractivity contribution in [3.63, 3.8) is 0 Å². The van der Waals surface area contributed by atoms with Crippen LogP contribution in [0.1, 0.15) is 40.0 Å². The molecule has 0 aliphatic carbocycles. The zero-order valence-corrected chi connectivity index (χ0v) is 15.9. The van der Waals surface area contributed by atoms with E-state index in [0.717, 1.165) is 0 Å². The van der Waals surface area contributed by atoms with E-state index in [0.29, 0.717) is 47.6 Å². The highest BCUT2D eigenvalue weighted by atomic mass is 19.1. The first-order chi connectivity index (χ1) is 14.0. The van der Waals surface area contributed by atoms with E-state index in [1.807, 2.05) is 0 Å². The van der Waals surface area contributed by atoms with Crippen molar-refractivity contribution in [2.75, 3.05) is 6.61 Å². The molecule has 1 aromatic carbocycles. The first-order valence-electron chi connectivity index (χ1n) is 9.36. The number of ether oxygens (including phenoxy) is 1. The van der Waals surface area contributed by atoms with Crippen molar-refractivity contribution in [3.8, 4) is 5.75 Å². The van der Waals surface area contributed by atoms with E-state index >= 15 is 0 Å². The van der Waals surface area contributed by atoms with E-state index in [1.54, 1.807) is 37.4 Å². The van der Waals surface area contributed by atoms with Gasteiger partial charge in [0, 0.05) is 18.5 Å². The molecule has 0 saturated heterocycles. The average Bonchev–Trinajstić information content (AvgIpc) is 2.91. The number of rotatable bonds is 3. The Balaban J connectivity index is 1.88. The van der Waals surface area contributed by atoms with Crippen LogP contribution in [0.2, 0.25) is 0 Å². The van der Waals surface area contributed by atoms with Crippen molar-refractivity contribution in [2.24, 2.45) is 0 Å². The summed E-state index contributed by atoms with van der Waals surface area (Å²) >= 11 is 0. The molecule has 1 atom stereocenters. The molecular weight excluding hydrogens is 373 g/mol. The number of H-pyrrole nitrogens is 1. The minimum atomic E-state index is -1.07. The Hall–Kier alpha value is -3.48. The van der Waals surface area contributed by atoms with Gasteiger partial charge >= 0.3 is 0 Å². The van der Waals surface area contributed by atoms with Crippen molar-refractivity contribution < 1.29 is 13.9 Å². The van der Waals surface area contributed by atoms with Gasteiger partial charge in [0.15, 0.2) is 0 Å². The average molecular weight is 393 g/mol. The highest BCUT2D eigenvalue weighted by Crippen LogP contribution is 2.40. The predicted octanol–water partition coefficient (Wildman–Crippen LogP) is 3.06. The van der Waals surface area contributed by atoms with E-state index < -0.39 is 11.4 Å². The standard InChI is InChI=1S/C22H20FN3O3/c1-14-5-7-16(12-17(14)23)22(26-21(28)15-6-8-19(27)25-13-15)9-3-11-29-18-4-2-10-24-20(18)22/h2,4-8,10,12-13H,3,9,11H2,1H3,(H,25,27)(H,26,28)/t22-/m0/s1. The molecule has 2 N–H and O–H groups in total. The number of nitrogens with one attached hydrogen (secondary N) is 2. The summed E-state index contributed by atoms with van der Waals surface area (Å²) in [7, 11) is 0. The van der Waals surface area contributed by atoms with Crippen LogP contribution in [0.3, 0.4) is 0 Å². The number of carbonyl (C=O) groups excluding carboxylic acids is 1. The molecule has 1 aliphatic heterocycles. The van der Waals surface area contributed by atoms with Gasteiger partial charge in [-0.2, -0.15) is 0 Å². The maximum absolute atomic E-state index is 14.5. The van der Waals surface area contributed by atoms with Gasteiger partial charge in [0.2, 0.25) is 5.56 Å². The van der Waals surface area contributed by atoms with E-state index in [2.05, 4.69) is 15.3 Å². The van der Waals surface area contributed by atoms with Crippen LogP contribution < -0.4 is 15.6 Å². The molecule has 148 valence electrons. The lowest BCUT2D eigenvalue weighted by Gasteiger charge is -2.34. The number of pyridine rings is 2. The summed E-state index contributed by atoms with van der Waals surface area (Å²) in [5.74, 6) is -0.212. The van der Waals surface area contributed by atoms with Crippen LogP contribution in [0.5, 0.6) is 5.75 Å². The molecule has 1 aliphatic rings. The lowest BCUT2D eigenvalue weighted by molar-refractivity contribution is 0.0906. The van der Waals surface area contributed by atoms with Gasteiger partial charge in [-0.1, -0.05) is 12.1 Å². The number of amides is 1. The van der Waals surface area contributed by atoms with Crippen molar-refractivity contribution in [1.82, 2.24) is 15.3 Å². The van der Waals surface area contributed by atoms with Gasteiger partial charge in [-0.05, 0) is 55.2 Å². The molecule has 29 heavy (non-hydrogen) atoms. The highest BCUT2D eigenvalue weighted by Gasteiger charge is 2.41. The molecule has 0 spiro atoms. The Morgan fingerprint density at radius 2 is 2.14 bits per heavy atom. The second kappa shape index (κ2) is 7.50. The van der Waals surface area contributed by atoms with E-state index in [1.165, 1.54) is 24.4 Å². The molecule has 0 bridgehead atoms. The van der Waals surface area contributed by atoms with Gasteiger partial charge in [0.05, 0.1) is 12.2 Å². The second-order valence-corrected chi connectivity index (χ2v) is 7.07. The van der Waals surface area contributed by atoms with Gasteiger partial charge in [-0.15, -0.1) is 0 Å². The minimum absolute atomic E-state index is 0.291. The van der Waals surface area contributed by atoms with Crippen molar-refractivity contribution >= 4 is 5.91 Å². The summed E-state index contributed by atoms with van der Waals surface area (Å²) in [4.78, 5) is 31.4. The Labute approximate surface area is 166 Å². The Morgan fingerprint density at radius 1 is 1.28 bits per heavy atom. The summed E-state index contributed by atoms with van der Waals surface area (Å²) in [6.07, 6.45) is 4.10. The summed E-state index contributed by atoms with van der Waals surface area (Å²) in [5.41, 5.74) is 0.546. The molecule has 2 aromatic heterocycles. The molecule has 1 amide bonds. The van der Waals surface area contributed by atoms with E-state index in [9.17, 15) is 14.0 Å². The number of aromatic amines is 1. The Bertz CT molecular complexity index is 1110. The van der Waals surface area contributed by atoms with Crippen LogP contribution in [0.25, 0.3) is 0 Å². The SMILES string of the molecule is Cc1ccc([C@@]2(NC(=O)c3ccc(=O)[nH]c3)CCCOc3cccnc32)cc1F. The summed E-state index contributed by atoms with van der Waals surface area (Å²) in [6.45, 7) is 2.15. The van der Waals surface area contributed by atoms with E-state index in [4.69, 9.17) is 4.74 Å². The zero-order chi connectivity index (χ0) is 20.4. The number of halogens is 1. The molecule has 3 heterocycles. The fourth-order valence-electron chi connectivity index (χ4n) is 3.62. The van der Waals surface area contributed by atoms with Gasteiger partial charge in [0.1, 0.15) is 22.8 Å². The first kappa shape index (κ1) is 18.9. The highest BCUT2D eigenvalue weighted by molar-refractivity contribution is 5.94. The fourth-order valence-corrected chi connectivity index (χ4v) is 3.62. The van der Waals surface area contributed by atoms with Crippen LogP contribution in [0.4, 0.5) is 4.39 Å². The summed E-state index contributed by atoms with van der Waals surface area (Å²) < 4.78 is 20.3. The second-order valence-electron chi connectivity index (χ2n) is 7.07. The largest absolute Gasteiger partial charge is 0.492 e. The lowest BCUT2D eigenvalue weighted by atomic mass is 9.81. The Kier molecular flexibility index (Phi) is 4.88. The smallest absolute Gasteiger partial charge is 0.253 e. The van der Waals surface area contributed by atoms with Crippen molar-refractivity contribution in [3.05, 3.63) is 93.4 Å². The van der Waals surface area contributed by atoms with E-state index in [-0.39, 0.29) is 11.4 Å². The number of hydrogen-bond acceptors (Lipinski definition) is 4. The molecular formula is C22H20FN3O3. The monoisotopic (exact) mass is 393 g/mol. The summed E-state index contributed by atoms with van der Waals surface area (Å²) in [6, 6.07) is 11.2. The maximum atomic E-state index is 14.5. The van der Waals surface area contributed by atoms with Crippen LogP contribution in [-0.4, -0.2) is 22.5 Å². The molecule has 0 unspecified atom stereocenters. The number of aromatic nitrogens is 2. The normalized spacial score (nSPS) is 18.3. The third kappa shape index (κ3) is 3.51. The predicted molar refractivity (Wildman–Crippen MR) is 105 cm³/mol. The molecule has 0 fully saturated rings. The third-order valence-corrected chi connectivity index (χ3v) is 5.17. The van der Waals surface area contributed by atoms with Crippen molar-refractivity contribution in [1.29, 1.82) is 0 Å². The molecule has 3 aromatic rings. The molecule has 0 radical (unpaired) electrons. The molecule has 7 heteroatoms. The number of nitrogens with zero attached hydrogens (tertiary/aromatic N) is 1. The quantitative estimate of drug-likeness (QED) is 0.716. The van der Waals surface area contributed by atoms with Crippen LogP contribution in [-0.2, 0) is 5.54 Å². The van der Waals surface area contributed by atoms with Gasteiger partial charge in [-0.3, -0.25) is 14.6 Å². The van der Waals surface area contributed by atoms with Crippen LogP contribution in [0, 0.1) is 12.7 Å². The topological polar surface area (TPSA) is 84.1 Å². The number of benzene rings is 1. The molecule has 6 nitrogen and oxygen atoms in total. The fraction of sp³-hybridized carbons (Fsp3) is 0.227. The maximum Gasteiger partial charge on any atom is 0.253 e. The van der Waals surface area contributed by atoms with Crippen LogP contribution >= 0.6 is 0 Å². The molecule has 4 rings (SSSR count). The molecule has 0 saturated carbocycles. The number of hydrogen-bond donors (Lipinski definition) is 2. The zero-order valence-electron chi connectivity index (χ0n) is 15.9.